The topological polar surface area (TPSA) is 26.3 Å². The van der Waals surface area contributed by atoms with Crippen molar-refractivity contribution >= 4 is 5.97 Å². The third-order valence-corrected chi connectivity index (χ3v) is 7.39. The monoisotopic (exact) mass is 382 g/mol. The van der Waals surface area contributed by atoms with Crippen molar-refractivity contribution in [3.8, 4) is 5.75 Å². The van der Waals surface area contributed by atoms with Crippen molar-refractivity contribution in [1.82, 2.24) is 0 Å². The molecule has 0 spiro atoms. The number of hydrogen-bond donors (Lipinski definition) is 0. The molecule has 0 N–H and O–H groups in total. The zero-order valence-electron chi connectivity index (χ0n) is 18.0. The fourth-order valence-electron chi connectivity index (χ4n) is 5.42. The van der Waals surface area contributed by atoms with Gasteiger partial charge in [-0.15, -0.1) is 0 Å². The van der Waals surface area contributed by atoms with Crippen LogP contribution in [0.1, 0.15) is 103 Å². The van der Waals surface area contributed by atoms with Gasteiger partial charge in [0.25, 0.3) is 0 Å². The van der Waals surface area contributed by atoms with Crippen LogP contribution < -0.4 is 4.74 Å². The van der Waals surface area contributed by atoms with E-state index in [-0.39, 0.29) is 5.97 Å². The zero-order valence-corrected chi connectivity index (χ0v) is 18.0. The first-order valence-electron chi connectivity index (χ1n) is 11.6. The van der Waals surface area contributed by atoms with Crippen molar-refractivity contribution in [2.45, 2.75) is 103 Å². The third kappa shape index (κ3) is 5.07. The zero-order chi connectivity index (χ0) is 19.9. The van der Waals surface area contributed by atoms with Crippen molar-refractivity contribution in [3.63, 3.8) is 0 Å². The Balaban J connectivity index is 1.53. The predicted molar refractivity (Wildman–Crippen MR) is 117 cm³/mol. The standard InChI is InChI=1S/C26H38O2/c1-3-5-7-8-9-15-25-16-19-26(20-17-25,21-18-25)22-11-13-23(14-12-22)28-24(27)10-6-4-2/h6,10-14H,3-5,7-9,15-21H2,1-2H3. The Morgan fingerprint density at radius 3 is 2.18 bits per heavy atom. The number of hydrogen-bond acceptors (Lipinski definition) is 2. The van der Waals surface area contributed by atoms with Gasteiger partial charge in [-0.1, -0.05) is 64.2 Å². The molecule has 0 atom stereocenters. The number of allylic oxidation sites excluding steroid dienone is 1. The van der Waals surface area contributed by atoms with E-state index in [1.54, 1.807) is 0 Å². The molecule has 0 amide bonds. The number of esters is 1. The average molecular weight is 383 g/mol. The second-order valence-corrected chi connectivity index (χ2v) is 9.20. The van der Waals surface area contributed by atoms with Gasteiger partial charge in [0.1, 0.15) is 5.75 Å². The van der Waals surface area contributed by atoms with Crippen molar-refractivity contribution in [1.29, 1.82) is 0 Å². The number of ether oxygens (including phenoxy) is 1. The lowest BCUT2D eigenvalue weighted by Crippen LogP contribution is -2.44. The summed E-state index contributed by atoms with van der Waals surface area (Å²) in [7, 11) is 0. The van der Waals surface area contributed by atoms with E-state index in [0.29, 0.717) is 16.6 Å². The van der Waals surface area contributed by atoms with Gasteiger partial charge in [-0.25, -0.2) is 4.79 Å². The van der Waals surface area contributed by atoms with E-state index in [1.165, 1.54) is 88.7 Å². The smallest absolute Gasteiger partial charge is 0.335 e. The van der Waals surface area contributed by atoms with Crippen molar-refractivity contribution in [2.75, 3.05) is 0 Å². The third-order valence-electron chi connectivity index (χ3n) is 7.39. The molecule has 0 saturated heterocycles. The number of fused-ring (bicyclic) bond motifs is 3. The van der Waals surface area contributed by atoms with E-state index in [0.717, 1.165) is 6.42 Å². The Kier molecular flexibility index (Phi) is 7.37. The first kappa shape index (κ1) is 21.1. The van der Waals surface area contributed by atoms with Crippen LogP contribution in [0.15, 0.2) is 36.4 Å². The molecular weight excluding hydrogens is 344 g/mol. The Bertz CT molecular complexity index is 631. The highest BCUT2D eigenvalue weighted by Crippen LogP contribution is 2.59. The van der Waals surface area contributed by atoms with Crippen LogP contribution in [0.3, 0.4) is 0 Å². The molecule has 0 aliphatic heterocycles. The molecule has 3 fully saturated rings. The molecule has 0 unspecified atom stereocenters. The van der Waals surface area contributed by atoms with Gasteiger partial charge >= 0.3 is 5.97 Å². The summed E-state index contributed by atoms with van der Waals surface area (Å²) in [6, 6.07) is 8.36. The maximum Gasteiger partial charge on any atom is 0.335 e. The number of carbonyl (C=O) groups is 1. The maximum atomic E-state index is 11.8. The van der Waals surface area contributed by atoms with Gasteiger partial charge < -0.3 is 4.74 Å². The minimum atomic E-state index is -0.285. The van der Waals surface area contributed by atoms with Gasteiger partial charge in [-0.3, -0.25) is 0 Å². The first-order valence-corrected chi connectivity index (χ1v) is 11.6. The normalized spacial score (nSPS) is 26.6. The summed E-state index contributed by atoms with van der Waals surface area (Å²) in [5.74, 6) is 0.366. The largest absolute Gasteiger partial charge is 0.423 e. The van der Waals surface area contributed by atoms with Crippen molar-refractivity contribution < 1.29 is 9.53 Å². The number of benzene rings is 1. The van der Waals surface area contributed by atoms with Crippen LogP contribution in [0.4, 0.5) is 0 Å². The van der Waals surface area contributed by atoms with E-state index in [9.17, 15) is 4.79 Å². The van der Waals surface area contributed by atoms with Crippen molar-refractivity contribution in [2.24, 2.45) is 5.41 Å². The van der Waals surface area contributed by atoms with Gasteiger partial charge in [0, 0.05) is 6.08 Å². The molecule has 28 heavy (non-hydrogen) atoms. The minimum Gasteiger partial charge on any atom is -0.423 e. The molecule has 3 aliphatic rings. The number of unbranched alkanes of at least 4 members (excludes halogenated alkanes) is 4. The number of carbonyl (C=O) groups excluding carboxylic acids is 1. The van der Waals surface area contributed by atoms with E-state index in [2.05, 4.69) is 19.1 Å². The van der Waals surface area contributed by atoms with Crippen LogP contribution in [0.2, 0.25) is 0 Å². The van der Waals surface area contributed by atoms with Crippen LogP contribution in [0.25, 0.3) is 0 Å². The minimum absolute atomic E-state index is 0.285. The van der Waals surface area contributed by atoms with Gasteiger partial charge in [0.2, 0.25) is 0 Å². The molecule has 2 bridgehead atoms. The van der Waals surface area contributed by atoms with Gasteiger partial charge in [0.15, 0.2) is 0 Å². The van der Waals surface area contributed by atoms with E-state index in [1.807, 2.05) is 25.1 Å². The molecule has 3 aliphatic carbocycles. The van der Waals surface area contributed by atoms with Gasteiger partial charge in [-0.05, 0) is 79.9 Å². The fourth-order valence-corrected chi connectivity index (χ4v) is 5.42. The molecule has 2 nitrogen and oxygen atoms in total. The summed E-state index contributed by atoms with van der Waals surface area (Å²) < 4.78 is 5.40. The molecule has 1 aromatic rings. The van der Waals surface area contributed by atoms with Crippen LogP contribution in [0.5, 0.6) is 5.75 Å². The highest BCUT2D eigenvalue weighted by molar-refractivity contribution is 5.83. The molecule has 1 aromatic carbocycles. The van der Waals surface area contributed by atoms with Gasteiger partial charge in [-0.2, -0.15) is 0 Å². The Morgan fingerprint density at radius 1 is 0.929 bits per heavy atom. The summed E-state index contributed by atoms with van der Waals surface area (Å²) in [6.45, 7) is 4.30. The van der Waals surface area contributed by atoms with Crippen LogP contribution in [-0.2, 0) is 10.2 Å². The highest BCUT2D eigenvalue weighted by Gasteiger charge is 2.48. The predicted octanol–water partition coefficient (Wildman–Crippen LogP) is 7.51. The van der Waals surface area contributed by atoms with Crippen LogP contribution in [-0.4, -0.2) is 5.97 Å². The summed E-state index contributed by atoms with van der Waals surface area (Å²) in [6.07, 6.45) is 20.8. The first-order chi connectivity index (χ1) is 13.6. The lowest BCUT2D eigenvalue weighted by Gasteiger charge is -2.54. The summed E-state index contributed by atoms with van der Waals surface area (Å²) in [4.78, 5) is 11.8. The average Bonchev–Trinajstić information content (AvgIpc) is 2.74. The Hall–Kier alpha value is -1.57. The molecule has 0 heterocycles. The van der Waals surface area contributed by atoms with Gasteiger partial charge in [0.05, 0.1) is 0 Å². The Morgan fingerprint density at radius 2 is 1.57 bits per heavy atom. The van der Waals surface area contributed by atoms with Crippen LogP contribution >= 0.6 is 0 Å². The summed E-state index contributed by atoms with van der Waals surface area (Å²) >= 11 is 0. The molecule has 154 valence electrons. The molecule has 4 rings (SSSR count). The second-order valence-electron chi connectivity index (χ2n) is 9.20. The molecule has 3 saturated carbocycles. The van der Waals surface area contributed by atoms with E-state index in [4.69, 9.17) is 4.74 Å². The quantitative estimate of drug-likeness (QED) is 0.181. The van der Waals surface area contributed by atoms with E-state index < -0.39 is 0 Å². The summed E-state index contributed by atoms with van der Waals surface area (Å²) in [5.41, 5.74) is 2.47. The molecule has 0 radical (unpaired) electrons. The summed E-state index contributed by atoms with van der Waals surface area (Å²) in [5, 5.41) is 0. The molecular formula is C26H38O2. The SMILES string of the molecule is CCC=CC(=O)Oc1ccc(C23CCC(CCCCCCC)(CC2)CC3)cc1. The Labute approximate surface area is 171 Å². The maximum absolute atomic E-state index is 11.8. The molecule has 0 aromatic heterocycles. The fraction of sp³-hybridized carbons (Fsp3) is 0.654. The number of rotatable bonds is 10. The lowest BCUT2D eigenvalue weighted by molar-refractivity contribution is -0.129. The van der Waals surface area contributed by atoms with E-state index >= 15 is 0 Å². The highest BCUT2D eigenvalue weighted by atomic mass is 16.5. The second kappa shape index (κ2) is 9.76. The van der Waals surface area contributed by atoms with Crippen molar-refractivity contribution in [3.05, 3.63) is 42.0 Å². The molecule has 2 heteroatoms. The van der Waals surface area contributed by atoms with Crippen LogP contribution in [0, 0.1) is 5.41 Å². The lowest BCUT2D eigenvalue weighted by atomic mass is 9.51.